The number of aromatic nitrogens is 12. The highest BCUT2D eigenvalue weighted by Gasteiger charge is 2.28. The third-order valence-electron chi connectivity index (χ3n) is 27.1. The van der Waals surface area contributed by atoms with Crippen LogP contribution in [0.4, 0.5) is 0 Å². The first kappa shape index (κ1) is 79.3. The first-order valence-electron chi connectivity index (χ1n) is 46.5. The molecule has 0 bridgehead atoms. The highest BCUT2D eigenvalue weighted by molar-refractivity contribution is 7.27. The lowest BCUT2D eigenvalue weighted by molar-refractivity contribution is 1.01. The predicted octanol–water partition coefficient (Wildman–Crippen LogP) is 32.1. The lowest BCUT2D eigenvalue weighted by Crippen LogP contribution is -2.03. The monoisotopic (exact) mass is 1780 g/mol. The van der Waals surface area contributed by atoms with Crippen molar-refractivity contribution in [3.05, 3.63) is 473 Å². The van der Waals surface area contributed by atoms with Crippen LogP contribution in [-0.2, 0) is 0 Å². The van der Waals surface area contributed by atoms with Crippen molar-refractivity contribution in [2.24, 2.45) is 0 Å². The van der Waals surface area contributed by atoms with Crippen molar-refractivity contribution >= 4 is 173 Å². The summed E-state index contributed by atoms with van der Waals surface area (Å²) in [5, 5.41) is 19.5. The second kappa shape index (κ2) is 32.8. The van der Waals surface area contributed by atoms with Crippen molar-refractivity contribution in [3.63, 3.8) is 0 Å². The molecule has 29 rings (SSSR count). The smallest absolute Gasteiger partial charge is 0.235 e. The van der Waals surface area contributed by atoms with E-state index in [9.17, 15) is 0 Å². The number of hydrogen-bond donors (Lipinski definition) is 0. The summed E-state index contributed by atoms with van der Waals surface area (Å²) in [5.41, 5.74) is 26.0. The van der Waals surface area contributed by atoms with E-state index < -0.39 is 0 Å². The number of rotatable bonds is 11. The van der Waals surface area contributed by atoms with E-state index in [1.807, 2.05) is 84.1 Å². The Morgan fingerprint density at radius 1 is 0.159 bits per heavy atom. The lowest BCUT2D eigenvalue weighted by Gasteiger charge is -2.13. The predicted molar refractivity (Wildman–Crippen MR) is 574 cm³/mol. The third-order valence-corrected chi connectivity index (χ3v) is 28.3. The number of benzene rings is 20. The molecule has 9 aromatic heterocycles. The maximum Gasteiger partial charge on any atom is 0.235 e. The summed E-state index contributed by atoms with van der Waals surface area (Å²) >= 11 is 1.88. The molecule has 138 heavy (non-hydrogen) atoms. The molecule has 0 amide bonds. The number of fused-ring (bicyclic) bond motifs is 26. The fourth-order valence-corrected chi connectivity index (χ4v) is 22.3. The minimum Gasteiger partial charge on any atom is -0.309 e. The van der Waals surface area contributed by atoms with E-state index in [1.165, 1.54) is 124 Å². The summed E-state index contributed by atoms with van der Waals surface area (Å²) < 4.78 is 14.3. The second-order valence-corrected chi connectivity index (χ2v) is 35.9. The minimum absolute atomic E-state index is 0.641. The van der Waals surface area contributed by atoms with E-state index in [4.69, 9.17) is 34.9 Å². The van der Waals surface area contributed by atoms with Gasteiger partial charge in [-0.25, -0.2) is 34.9 Å². The molecule has 29 aromatic rings. The van der Waals surface area contributed by atoms with Gasteiger partial charge in [0.2, 0.25) is 11.9 Å². The van der Waals surface area contributed by atoms with Crippen molar-refractivity contribution in [1.29, 1.82) is 0 Å². The summed E-state index contributed by atoms with van der Waals surface area (Å²) in [6.07, 6.45) is 0. The van der Waals surface area contributed by atoms with Gasteiger partial charge in [-0.2, -0.15) is 0 Å². The molecule has 13 heteroatoms. The lowest BCUT2D eigenvalue weighted by atomic mass is 10.00. The summed E-state index contributed by atoms with van der Waals surface area (Å²) in [7, 11) is 0. The highest BCUT2D eigenvalue weighted by Crippen LogP contribution is 2.51. The van der Waals surface area contributed by atoms with Crippen molar-refractivity contribution in [2.75, 3.05) is 0 Å². The quantitative estimate of drug-likeness (QED) is 0.127. The standard InChI is InChI=1S/C45H29N5.C44H28N4.C36H21N3S/c1-4-14-30(15-5-1)43-46-44(31-16-6-2-7-17-31)48-45(47-43)32-24-26-34(27-25-32)50-38-23-13-11-21-36(38)42-40(50)29-28-39-41(42)35-20-10-12-22-37(35)49(39)33-18-8-3-9-19-33;1-3-13-29(14-4-1)30-23-25-31(26-24-30)43-33-17-7-10-20-36(33)45-44(46-43)48-38-22-12-9-19-35(38)42-40(48)28-27-39-41(42)34-18-8-11-21-37(34)47(39)32-15-5-2-6-16-32;1-2-12-22(13-3-1)33-25-16-6-9-19-28(25)37-36(38-33)39-29-20-10-7-17-26(29)31-32-27-18-8-11-21-30(27)40-35(32)24-15-5-4-14-23(24)34(31)39/h1-29H;1-28H;1-21H. The molecule has 9 heterocycles. The molecule has 0 aliphatic carbocycles. The average Bonchev–Trinajstić information content (AvgIpc) is 1.52. The van der Waals surface area contributed by atoms with Gasteiger partial charge >= 0.3 is 0 Å². The van der Waals surface area contributed by atoms with Crippen LogP contribution < -0.4 is 0 Å². The second-order valence-electron chi connectivity index (χ2n) is 34.9. The molecule has 20 aromatic carbocycles. The van der Waals surface area contributed by atoms with Gasteiger partial charge in [0.15, 0.2) is 17.5 Å². The van der Waals surface area contributed by atoms with Crippen LogP contribution in [0.2, 0.25) is 0 Å². The van der Waals surface area contributed by atoms with E-state index in [-0.39, 0.29) is 0 Å². The fraction of sp³-hybridized carbons (Fsp3) is 0. The Morgan fingerprint density at radius 2 is 0.442 bits per heavy atom. The van der Waals surface area contributed by atoms with E-state index >= 15 is 0 Å². The zero-order valence-corrected chi connectivity index (χ0v) is 75.1. The molecule has 12 nitrogen and oxygen atoms in total. The summed E-state index contributed by atoms with van der Waals surface area (Å²) in [5.74, 6) is 3.29. The zero-order chi connectivity index (χ0) is 90.8. The van der Waals surface area contributed by atoms with Crippen LogP contribution in [0.25, 0.3) is 259 Å². The normalized spacial score (nSPS) is 11.8. The molecule has 0 fully saturated rings. The molecule has 0 saturated heterocycles. The van der Waals surface area contributed by atoms with Crippen molar-refractivity contribution in [3.8, 4) is 96.8 Å². The molecule has 0 spiro atoms. The Labute approximate surface area is 795 Å². The largest absolute Gasteiger partial charge is 0.309 e. The molecule has 0 aliphatic rings. The molecule has 644 valence electrons. The van der Waals surface area contributed by atoms with Gasteiger partial charge in [-0.15, -0.1) is 11.3 Å². The van der Waals surface area contributed by atoms with Crippen LogP contribution >= 0.6 is 11.3 Å². The van der Waals surface area contributed by atoms with E-state index in [2.05, 4.69) is 423 Å². The Bertz CT molecular complexity index is 9820. The Kier molecular flexibility index (Phi) is 18.8. The maximum atomic E-state index is 5.36. The van der Waals surface area contributed by atoms with E-state index in [0.29, 0.717) is 29.4 Å². The first-order chi connectivity index (χ1) is 68.5. The molecule has 0 radical (unpaired) electrons. The number of thiophene rings is 1. The van der Waals surface area contributed by atoms with Gasteiger partial charge in [0.1, 0.15) is 0 Å². The SMILES string of the molecule is c1ccc(-c2ccc(-c3nc(-n4c5ccccc5c5c6c7ccccc7n(-c7ccccc7)c6ccc54)nc4ccccc34)cc2)cc1.c1ccc(-c2nc(-c3ccccc3)nc(-c3ccc(-n4c5ccccc5c5c6c7ccccc7n(-c7ccccc7)c6ccc54)cc3)n2)cc1.c1ccc(-c2nc(-n3c4ccccc4c4c5c6ccccc6sc5c5ccccc5c43)nc3ccccc23)cc1. The van der Waals surface area contributed by atoms with Gasteiger partial charge in [0.05, 0.1) is 77.6 Å². The Morgan fingerprint density at radius 3 is 0.884 bits per heavy atom. The average molecular weight is 1780 g/mol. The van der Waals surface area contributed by atoms with E-state index in [0.717, 1.165) is 106 Å². The number of hydrogen-bond acceptors (Lipinski definition) is 8. The Hall–Kier alpha value is -18.4. The highest BCUT2D eigenvalue weighted by atomic mass is 32.1. The number of para-hydroxylation sites is 9. The van der Waals surface area contributed by atoms with Gasteiger partial charge in [-0.1, -0.05) is 352 Å². The van der Waals surface area contributed by atoms with E-state index in [1.54, 1.807) is 0 Å². The fourth-order valence-electron chi connectivity index (χ4n) is 21.1. The molecular weight excluding hydrogens is 1700 g/mol. The Balaban J connectivity index is 0.000000105. The molecular formula is C125H78N12S. The van der Waals surface area contributed by atoms with Crippen LogP contribution in [0, 0.1) is 0 Å². The van der Waals surface area contributed by atoms with Gasteiger partial charge in [-0.05, 0) is 132 Å². The van der Waals surface area contributed by atoms with Crippen LogP contribution in [0.1, 0.15) is 0 Å². The summed E-state index contributed by atoms with van der Waals surface area (Å²) in [4.78, 5) is 35.8. The van der Waals surface area contributed by atoms with Crippen molar-refractivity contribution in [2.45, 2.75) is 0 Å². The zero-order valence-electron chi connectivity index (χ0n) is 74.3. The third kappa shape index (κ3) is 13.0. The molecule has 0 unspecified atom stereocenters. The van der Waals surface area contributed by atoms with Gasteiger partial charge in [0.25, 0.3) is 0 Å². The minimum atomic E-state index is 0.641. The van der Waals surface area contributed by atoms with Gasteiger partial charge in [0, 0.05) is 140 Å². The van der Waals surface area contributed by atoms with Crippen LogP contribution in [0.5, 0.6) is 0 Å². The van der Waals surface area contributed by atoms with Crippen LogP contribution in [0.3, 0.4) is 0 Å². The molecule has 0 saturated carbocycles. The van der Waals surface area contributed by atoms with Gasteiger partial charge in [-0.3, -0.25) is 9.13 Å². The molecule has 0 aliphatic heterocycles. The van der Waals surface area contributed by atoms with Crippen LogP contribution in [0.15, 0.2) is 473 Å². The van der Waals surface area contributed by atoms with Crippen LogP contribution in [-0.4, -0.2) is 57.7 Å². The molecule has 0 N–H and O–H groups in total. The van der Waals surface area contributed by atoms with Crippen molar-refractivity contribution in [1.82, 2.24) is 57.7 Å². The topological polar surface area (TPSA) is 115 Å². The first-order valence-corrected chi connectivity index (χ1v) is 47.3. The van der Waals surface area contributed by atoms with Gasteiger partial charge < -0.3 is 13.7 Å². The summed E-state index contributed by atoms with van der Waals surface area (Å²) in [6, 6.07) is 166. The van der Waals surface area contributed by atoms with Crippen molar-refractivity contribution < 1.29 is 0 Å². The maximum absolute atomic E-state index is 5.36. The molecule has 0 atom stereocenters. The number of nitrogens with zero attached hydrogens (tertiary/aromatic N) is 12. The summed E-state index contributed by atoms with van der Waals surface area (Å²) in [6.45, 7) is 0.